The van der Waals surface area contributed by atoms with Crippen LogP contribution < -0.4 is 0 Å². The lowest BCUT2D eigenvalue weighted by atomic mass is 9.37. The number of hydrogen-bond acceptors (Lipinski definition) is 0. The van der Waals surface area contributed by atoms with Crippen molar-refractivity contribution in [2.24, 2.45) is 28.6 Å². The summed E-state index contributed by atoms with van der Waals surface area (Å²) in [5, 5.41) is 0. The van der Waals surface area contributed by atoms with Gasteiger partial charge < -0.3 is 0 Å². The summed E-state index contributed by atoms with van der Waals surface area (Å²) in [6.45, 7) is 11.9. The minimum Gasteiger partial charge on any atom is -0.0995 e. The first-order chi connectivity index (χ1) is 6.97. The molecule has 0 saturated heterocycles. The van der Waals surface area contributed by atoms with Crippen molar-refractivity contribution in [3.05, 3.63) is 12.2 Å². The maximum absolute atomic E-state index is 4.37. The number of hydrogen-bond donors (Lipinski definition) is 0. The molecule has 0 heteroatoms. The van der Waals surface area contributed by atoms with Crippen molar-refractivity contribution in [1.82, 2.24) is 0 Å². The van der Waals surface area contributed by atoms with E-state index in [4.69, 9.17) is 0 Å². The molecule has 0 aromatic heterocycles. The molecule has 0 radical (unpaired) electrons. The smallest absolute Gasteiger partial charge is 0.0113 e. The average Bonchev–Trinajstić information content (AvgIpc) is 2.30. The molecule has 0 amide bonds. The lowest BCUT2D eigenvalue weighted by Gasteiger charge is -2.67. The Labute approximate surface area is 94.1 Å². The van der Waals surface area contributed by atoms with Crippen molar-refractivity contribution in [2.75, 3.05) is 0 Å². The monoisotopic (exact) mass is 204 g/mol. The van der Waals surface area contributed by atoms with Gasteiger partial charge >= 0.3 is 0 Å². The summed E-state index contributed by atoms with van der Waals surface area (Å²) < 4.78 is 0. The molecular weight excluding hydrogens is 180 g/mol. The third-order valence-electron chi connectivity index (χ3n) is 6.01. The Hall–Kier alpha value is -0.260. The van der Waals surface area contributed by atoms with E-state index in [0.717, 1.165) is 17.8 Å². The molecule has 4 saturated carbocycles. The van der Waals surface area contributed by atoms with Crippen LogP contribution in [0.3, 0.4) is 0 Å². The predicted octanol–water partition coefficient (Wildman–Crippen LogP) is 4.42. The highest BCUT2D eigenvalue weighted by molar-refractivity contribution is 5.26. The Kier molecular flexibility index (Phi) is 1.79. The quantitative estimate of drug-likeness (QED) is 0.513. The van der Waals surface area contributed by atoms with Gasteiger partial charge in [-0.3, -0.25) is 0 Å². The van der Waals surface area contributed by atoms with E-state index in [1.54, 1.807) is 5.57 Å². The highest BCUT2D eigenvalue weighted by atomic mass is 14.7. The summed E-state index contributed by atoms with van der Waals surface area (Å²) in [5.41, 5.74) is 2.81. The maximum atomic E-state index is 4.37. The van der Waals surface area contributed by atoms with Gasteiger partial charge in [-0.25, -0.2) is 0 Å². The summed E-state index contributed by atoms with van der Waals surface area (Å²) in [6.07, 6.45) is 7.09. The van der Waals surface area contributed by atoms with Crippen molar-refractivity contribution < 1.29 is 0 Å². The predicted molar refractivity (Wildman–Crippen MR) is 64.6 cm³/mol. The largest absolute Gasteiger partial charge is 0.0995 e. The molecule has 4 aliphatic carbocycles. The van der Waals surface area contributed by atoms with Gasteiger partial charge in [-0.1, -0.05) is 39.3 Å². The summed E-state index contributed by atoms with van der Waals surface area (Å²) >= 11 is 0. The minimum absolute atomic E-state index is 0.578. The average molecular weight is 204 g/mol. The van der Waals surface area contributed by atoms with Crippen LogP contribution in [0.4, 0.5) is 0 Å². The first-order valence-corrected chi connectivity index (χ1v) is 6.64. The molecule has 84 valence electrons. The molecule has 0 aromatic carbocycles. The number of rotatable bonds is 0. The summed E-state index contributed by atoms with van der Waals surface area (Å²) in [6, 6.07) is 0. The van der Waals surface area contributed by atoms with Crippen LogP contribution in [0.25, 0.3) is 0 Å². The Morgan fingerprint density at radius 2 is 1.93 bits per heavy atom. The van der Waals surface area contributed by atoms with Gasteiger partial charge in [0.15, 0.2) is 0 Å². The van der Waals surface area contributed by atoms with Gasteiger partial charge in [0.1, 0.15) is 0 Å². The second kappa shape index (κ2) is 2.70. The van der Waals surface area contributed by atoms with Crippen LogP contribution >= 0.6 is 0 Å². The third-order valence-corrected chi connectivity index (χ3v) is 6.01. The molecule has 0 N–H and O–H groups in total. The summed E-state index contributed by atoms with van der Waals surface area (Å²) in [5.74, 6) is 2.85. The van der Waals surface area contributed by atoms with Crippen molar-refractivity contribution in [3.63, 3.8) is 0 Å². The van der Waals surface area contributed by atoms with Crippen molar-refractivity contribution in [2.45, 2.75) is 52.9 Å². The van der Waals surface area contributed by atoms with Crippen LogP contribution in [-0.4, -0.2) is 0 Å². The number of allylic oxidation sites excluding steroid dienone is 1. The van der Waals surface area contributed by atoms with E-state index in [1.165, 1.54) is 32.1 Å². The van der Waals surface area contributed by atoms with E-state index < -0.39 is 0 Å². The Morgan fingerprint density at radius 3 is 2.60 bits per heavy atom. The van der Waals surface area contributed by atoms with Crippen molar-refractivity contribution in [1.29, 1.82) is 0 Å². The molecule has 0 spiro atoms. The van der Waals surface area contributed by atoms with E-state index in [-0.39, 0.29) is 0 Å². The van der Waals surface area contributed by atoms with E-state index in [0.29, 0.717) is 10.8 Å². The SMILES string of the molecule is C=C1CC[C@@H]2[C@H]3[C@H]1[C@]2(C)CCCC3(C)C. The van der Waals surface area contributed by atoms with E-state index in [1.807, 2.05) is 0 Å². The van der Waals surface area contributed by atoms with Gasteiger partial charge in [0.25, 0.3) is 0 Å². The molecule has 0 aromatic rings. The fourth-order valence-electron chi connectivity index (χ4n) is 5.32. The standard InChI is InChI=1S/C15H24/c1-10-6-7-11-13-12(10)15(11,4)9-5-8-14(13,2)3/h11-13H,1,5-9H2,2-4H3/t11-,12+,13+,15-/m1/s1. The Balaban J connectivity index is 2.04. The fourth-order valence-corrected chi connectivity index (χ4v) is 5.32. The van der Waals surface area contributed by atoms with Crippen LogP contribution in [0.1, 0.15) is 52.9 Å². The van der Waals surface area contributed by atoms with Gasteiger partial charge in [-0.15, -0.1) is 0 Å². The second-order valence-corrected chi connectivity index (χ2v) is 7.15. The minimum atomic E-state index is 0.578. The Morgan fingerprint density at radius 1 is 1.20 bits per heavy atom. The lowest BCUT2D eigenvalue weighted by molar-refractivity contribution is -0.153. The fraction of sp³-hybridized carbons (Fsp3) is 0.867. The van der Waals surface area contributed by atoms with Crippen LogP contribution in [0.2, 0.25) is 0 Å². The van der Waals surface area contributed by atoms with Crippen LogP contribution in [0, 0.1) is 28.6 Å². The molecule has 4 aliphatic rings. The first-order valence-electron chi connectivity index (χ1n) is 6.64. The van der Waals surface area contributed by atoms with E-state index in [2.05, 4.69) is 27.4 Å². The molecule has 0 unspecified atom stereocenters. The second-order valence-electron chi connectivity index (χ2n) is 7.15. The maximum Gasteiger partial charge on any atom is -0.0113 e. The van der Waals surface area contributed by atoms with Crippen LogP contribution in [0.5, 0.6) is 0 Å². The molecule has 4 atom stereocenters. The zero-order valence-corrected chi connectivity index (χ0v) is 10.5. The van der Waals surface area contributed by atoms with Crippen molar-refractivity contribution in [3.8, 4) is 0 Å². The molecule has 4 bridgehead atoms. The topological polar surface area (TPSA) is 0 Å². The molecule has 0 aliphatic heterocycles. The van der Waals surface area contributed by atoms with E-state index >= 15 is 0 Å². The van der Waals surface area contributed by atoms with Gasteiger partial charge in [0.2, 0.25) is 0 Å². The van der Waals surface area contributed by atoms with E-state index in [9.17, 15) is 0 Å². The molecule has 4 fully saturated rings. The lowest BCUT2D eigenvalue weighted by Crippen LogP contribution is -2.61. The van der Waals surface area contributed by atoms with Gasteiger partial charge in [0.05, 0.1) is 0 Å². The number of fused-ring (bicyclic) bond motifs is 2. The van der Waals surface area contributed by atoms with Crippen LogP contribution in [-0.2, 0) is 0 Å². The van der Waals surface area contributed by atoms with Gasteiger partial charge in [0, 0.05) is 0 Å². The zero-order valence-electron chi connectivity index (χ0n) is 10.5. The first kappa shape index (κ1) is 9.93. The molecule has 0 heterocycles. The van der Waals surface area contributed by atoms with Crippen LogP contribution in [0.15, 0.2) is 12.2 Å². The molecular formula is C15H24. The third kappa shape index (κ3) is 1.04. The highest BCUT2D eigenvalue weighted by Gasteiger charge is 2.65. The van der Waals surface area contributed by atoms with Gasteiger partial charge in [-0.05, 0) is 54.3 Å². The van der Waals surface area contributed by atoms with Crippen molar-refractivity contribution >= 4 is 0 Å². The van der Waals surface area contributed by atoms with Gasteiger partial charge in [-0.2, -0.15) is 0 Å². The Bertz CT molecular complexity index is 312. The molecule has 15 heavy (non-hydrogen) atoms. The normalized spacial score (nSPS) is 51.9. The highest BCUT2D eigenvalue weighted by Crippen LogP contribution is 2.73. The summed E-state index contributed by atoms with van der Waals surface area (Å²) in [7, 11) is 0. The molecule has 0 nitrogen and oxygen atoms in total. The molecule has 4 rings (SSSR count). The zero-order chi connectivity index (χ0) is 10.8. The summed E-state index contributed by atoms with van der Waals surface area (Å²) in [4.78, 5) is 0.